The lowest BCUT2D eigenvalue weighted by Gasteiger charge is -2.07. The Hall–Kier alpha value is -2.24. The van der Waals surface area contributed by atoms with Crippen molar-refractivity contribution in [1.29, 1.82) is 0 Å². The van der Waals surface area contributed by atoms with Gasteiger partial charge in [0.25, 0.3) is 5.91 Å². The Morgan fingerprint density at radius 3 is 2.64 bits per heavy atom. The summed E-state index contributed by atoms with van der Waals surface area (Å²) in [7, 11) is 0. The van der Waals surface area contributed by atoms with Crippen LogP contribution in [-0.4, -0.2) is 15.3 Å². The Bertz CT molecular complexity index is 865. The first-order valence-electron chi connectivity index (χ1n) is 6.45. The quantitative estimate of drug-likeness (QED) is 0.700. The van der Waals surface area contributed by atoms with Crippen molar-refractivity contribution in [3.05, 3.63) is 58.0 Å². The van der Waals surface area contributed by atoms with Crippen LogP contribution in [0.1, 0.15) is 16.1 Å². The third-order valence-electron chi connectivity index (χ3n) is 3.19. The number of anilines is 2. The molecule has 1 aromatic carbocycles. The van der Waals surface area contributed by atoms with Crippen LogP contribution >= 0.6 is 23.2 Å². The molecule has 7 heteroatoms. The van der Waals surface area contributed by atoms with E-state index in [4.69, 9.17) is 28.9 Å². The molecule has 0 unspecified atom stereocenters. The van der Waals surface area contributed by atoms with Crippen LogP contribution in [-0.2, 0) is 0 Å². The Morgan fingerprint density at radius 1 is 1.27 bits per heavy atom. The van der Waals surface area contributed by atoms with Gasteiger partial charge in [-0.3, -0.25) is 4.79 Å². The number of aryl methyl sites for hydroxylation is 1. The maximum atomic E-state index is 12.3. The van der Waals surface area contributed by atoms with Crippen molar-refractivity contribution in [1.82, 2.24) is 9.38 Å². The van der Waals surface area contributed by atoms with E-state index in [0.717, 1.165) is 5.56 Å². The lowest BCUT2D eigenvalue weighted by Crippen LogP contribution is -2.12. The molecule has 2 aromatic heterocycles. The minimum absolute atomic E-state index is 0.282. The summed E-state index contributed by atoms with van der Waals surface area (Å²) in [5.41, 5.74) is 8.49. The van der Waals surface area contributed by atoms with E-state index in [2.05, 4.69) is 10.3 Å². The summed E-state index contributed by atoms with van der Waals surface area (Å²) in [6.07, 6.45) is 3.51. The van der Waals surface area contributed by atoms with Gasteiger partial charge in [0.1, 0.15) is 11.3 Å². The van der Waals surface area contributed by atoms with E-state index in [0.29, 0.717) is 17.0 Å². The number of nitrogens with zero attached hydrogens (tertiary/aromatic N) is 2. The third kappa shape index (κ3) is 2.73. The molecule has 1 amide bonds. The predicted molar refractivity (Wildman–Crippen MR) is 88.8 cm³/mol. The Balaban J connectivity index is 1.90. The van der Waals surface area contributed by atoms with Gasteiger partial charge >= 0.3 is 0 Å². The lowest BCUT2D eigenvalue weighted by atomic mass is 10.2. The summed E-state index contributed by atoms with van der Waals surface area (Å²) in [5, 5.41) is 3.27. The van der Waals surface area contributed by atoms with Crippen LogP contribution in [0.15, 0.2) is 36.7 Å². The van der Waals surface area contributed by atoms with Crippen molar-refractivity contribution in [2.75, 3.05) is 11.1 Å². The largest absolute Gasteiger partial charge is 0.396 e. The molecule has 0 saturated heterocycles. The number of nitrogen functional groups attached to an aromatic ring is 1. The number of nitrogens with one attached hydrogen (secondary N) is 1. The van der Waals surface area contributed by atoms with Gasteiger partial charge in [-0.25, -0.2) is 4.98 Å². The minimum atomic E-state index is -0.349. The normalized spacial score (nSPS) is 10.9. The molecule has 3 aromatic rings. The first-order chi connectivity index (χ1) is 10.4. The summed E-state index contributed by atoms with van der Waals surface area (Å²) < 4.78 is 1.78. The van der Waals surface area contributed by atoms with Gasteiger partial charge in [-0.15, -0.1) is 0 Å². The van der Waals surface area contributed by atoms with Gasteiger partial charge in [0.2, 0.25) is 0 Å². The average molecular weight is 335 g/mol. The number of fused-ring (bicyclic) bond motifs is 1. The summed E-state index contributed by atoms with van der Waals surface area (Å²) in [6.45, 7) is 1.97. The van der Waals surface area contributed by atoms with Crippen LogP contribution in [0, 0.1) is 6.92 Å². The lowest BCUT2D eigenvalue weighted by molar-refractivity contribution is 0.102. The second-order valence-corrected chi connectivity index (χ2v) is 5.72. The molecule has 3 rings (SSSR count). The molecule has 0 aliphatic carbocycles. The van der Waals surface area contributed by atoms with Gasteiger partial charge in [-0.1, -0.05) is 23.2 Å². The number of imidazole rings is 1. The molecule has 3 N–H and O–H groups in total. The number of hydrogen-bond donors (Lipinski definition) is 2. The fraction of sp³-hybridized carbons (Fsp3) is 0.0667. The molecular weight excluding hydrogens is 323 g/mol. The van der Waals surface area contributed by atoms with Gasteiger partial charge in [-0.2, -0.15) is 0 Å². The highest BCUT2D eigenvalue weighted by Gasteiger charge is 2.13. The standard InChI is InChI=1S/C15H12Cl2N4O/c1-8-2-3-21-7-12(20-13(21)4-8)15(22)19-9-5-10(16)14(18)11(17)6-9/h2-7H,18H2,1H3,(H,19,22). The second kappa shape index (κ2) is 5.51. The van der Waals surface area contributed by atoms with E-state index >= 15 is 0 Å². The predicted octanol–water partition coefficient (Wildman–Crippen LogP) is 3.78. The number of rotatable bonds is 2. The second-order valence-electron chi connectivity index (χ2n) is 4.90. The molecule has 22 heavy (non-hydrogen) atoms. The number of pyridine rings is 1. The first kappa shape index (κ1) is 14.7. The van der Waals surface area contributed by atoms with E-state index in [9.17, 15) is 4.79 Å². The first-order valence-corrected chi connectivity index (χ1v) is 7.21. The molecule has 0 saturated carbocycles. The third-order valence-corrected chi connectivity index (χ3v) is 3.81. The topological polar surface area (TPSA) is 72.4 Å². The van der Waals surface area contributed by atoms with Crippen molar-refractivity contribution in [3.8, 4) is 0 Å². The van der Waals surface area contributed by atoms with Crippen LogP contribution < -0.4 is 11.1 Å². The molecule has 0 aliphatic rings. The number of carbonyl (C=O) groups excluding carboxylic acids is 1. The molecule has 2 heterocycles. The number of amides is 1. The van der Waals surface area contributed by atoms with E-state index in [1.165, 1.54) is 0 Å². The molecule has 0 atom stereocenters. The molecule has 0 aliphatic heterocycles. The Kier molecular flexibility index (Phi) is 3.68. The smallest absolute Gasteiger partial charge is 0.275 e. The van der Waals surface area contributed by atoms with Crippen LogP contribution in [0.25, 0.3) is 5.65 Å². The molecule has 112 valence electrons. The molecule has 0 radical (unpaired) electrons. The highest BCUT2D eigenvalue weighted by atomic mass is 35.5. The average Bonchev–Trinajstić information content (AvgIpc) is 2.87. The molecular formula is C15H12Cl2N4O. The zero-order chi connectivity index (χ0) is 15.9. The van der Waals surface area contributed by atoms with E-state index in [1.54, 1.807) is 22.7 Å². The number of hydrogen-bond acceptors (Lipinski definition) is 3. The maximum absolute atomic E-state index is 12.3. The molecule has 0 fully saturated rings. The van der Waals surface area contributed by atoms with Crippen molar-refractivity contribution in [2.24, 2.45) is 0 Å². The van der Waals surface area contributed by atoms with Crippen molar-refractivity contribution >= 4 is 46.1 Å². The summed E-state index contributed by atoms with van der Waals surface area (Å²) in [6, 6.07) is 6.92. The van der Waals surface area contributed by atoms with Gasteiger partial charge in [0, 0.05) is 18.1 Å². The van der Waals surface area contributed by atoms with Crippen molar-refractivity contribution in [3.63, 3.8) is 0 Å². The minimum Gasteiger partial charge on any atom is -0.396 e. The summed E-state index contributed by atoms with van der Waals surface area (Å²) in [5.74, 6) is -0.349. The van der Waals surface area contributed by atoms with Crippen LogP contribution in [0.3, 0.4) is 0 Å². The molecule has 0 spiro atoms. The van der Waals surface area contributed by atoms with Crippen LogP contribution in [0.4, 0.5) is 11.4 Å². The number of carbonyl (C=O) groups is 1. The van der Waals surface area contributed by atoms with Gasteiger partial charge in [0.05, 0.1) is 15.7 Å². The number of halogens is 2. The fourth-order valence-electron chi connectivity index (χ4n) is 2.04. The maximum Gasteiger partial charge on any atom is 0.275 e. The van der Waals surface area contributed by atoms with Gasteiger partial charge < -0.3 is 15.5 Å². The number of nitrogens with two attached hydrogens (primary N) is 1. The number of benzene rings is 1. The van der Waals surface area contributed by atoms with Gasteiger partial charge in [0.15, 0.2) is 0 Å². The highest BCUT2D eigenvalue weighted by molar-refractivity contribution is 6.39. The van der Waals surface area contributed by atoms with Gasteiger partial charge in [-0.05, 0) is 36.8 Å². The summed E-state index contributed by atoms with van der Waals surface area (Å²) in [4.78, 5) is 16.6. The Labute approximate surface area is 136 Å². The van der Waals surface area contributed by atoms with E-state index in [1.807, 2.05) is 25.3 Å². The molecule has 0 bridgehead atoms. The Morgan fingerprint density at radius 2 is 1.95 bits per heavy atom. The van der Waals surface area contributed by atoms with Crippen molar-refractivity contribution in [2.45, 2.75) is 6.92 Å². The monoisotopic (exact) mass is 334 g/mol. The fourth-order valence-corrected chi connectivity index (χ4v) is 2.53. The zero-order valence-corrected chi connectivity index (χ0v) is 13.1. The zero-order valence-electron chi connectivity index (χ0n) is 11.6. The number of aromatic nitrogens is 2. The van der Waals surface area contributed by atoms with Crippen LogP contribution in [0.2, 0.25) is 10.0 Å². The van der Waals surface area contributed by atoms with E-state index < -0.39 is 0 Å². The highest BCUT2D eigenvalue weighted by Crippen LogP contribution is 2.31. The van der Waals surface area contributed by atoms with E-state index in [-0.39, 0.29) is 21.6 Å². The summed E-state index contributed by atoms with van der Waals surface area (Å²) >= 11 is 11.9. The van der Waals surface area contributed by atoms with Crippen molar-refractivity contribution < 1.29 is 4.79 Å². The SMILES string of the molecule is Cc1ccn2cc(C(=O)Nc3cc(Cl)c(N)c(Cl)c3)nc2c1. The van der Waals surface area contributed by atoms with Crippen LogP contribution in [0.5, 0.6) is 0 Å². The molecule has 5 nitrogen and oxygen atoms in total.